The number of imidazole rings is 1. The van der Waals surface area contributed by atoms with Crippen LogP contribution in [0, 0.1) is 6.92 Å². The minimum Gasteiger partial charge on any atom is -0.311 e. The molecule has 32 heavy (non-hydrogen) atoms. The van der Waals surface area contributed by atoms with E-state index in [0.29, 0.717) is 11.6 Å². The standard InChI is InChI=1S/C24H22ClN7/c1-3-12-32-23(28-29-30-32)20-7-5-4-6-19(20)18-10-8-17(9-11-18)14-31-15-27-22-16(2)21(25)13-26-24(22)31/h4-11,13,15H,3,12,14H2,1-2H3. The van der Waals surface area contributed by atoms with Gasteiger partial charge in [-0.3, -0.25) is 0 Å². The van der Waals surface area contributed by atoms with E-state index in [1.807, 2.05) is 34.6 Å². The van der Waals surface area contributed by atoms with Crippen molar-refractivity contribution in [3.05, 3.63) is 77.2 Å². The van der Waals surface area contributed by atoms with Gasteiger partial charge in [-0.25, -0.2) is 14.6 Å². The highest BCUT2D eigenvalue weighted by atomic mass is 35.5. The number of benzene rings is 2. The molecule has 160 valence electrons. The van der Waals surface area contributed by atoms with Crippen LogP contribution in [0.4, 0.5) is 0 Å². The van der Waals surface area contributed by atoms with Gasteiger partial charge in [0.05, 0.1) is 17.9 Å². The highest BCUT2D eigenvalue weighted by Crippen LogP contribution is 2.31. The second-order valence-corrected chi connectivity index (χ2v) is 8.15. The Hall–Kier alpha value is -3.58. The first-order valence-electron chi connectivity index (χ1n) is 10.6. The van der Waals surface area contributed by atoms with E-state index in [-0.39, 0.29) is 0 Å². The minimum absolute atomic E-state index is 0.635. The molecule has 7 nitrogen and oxygen atoms in total. The number of tetrazole rings is 1. The van der Waals surface area contributed by atoms with Gasteiger partial charge in [0.25, 0.3) is 0 Å². The fourth-order valence-corrected chi connectivity index (χ4v) is 4.03. The third kappa shape index (κ3) is 3.65. The van der Waals surface area contributed by atoms with E-state index in [1.165, 1.54) is 0 Å². The third-order valence-corrected chi connectivity index (χ3v) is 5.96. The molecule has 0 radical (unpaired) electrons. The van der Waals surface area contributed by atoms with E-state index in [1.54, 1.807) is 6.20 Å². The summed E-state index contributed by atoms with van der Waals surface area (Å²) < 4.78 is 3.90. The van der Waals surface area contributed by atoms with Crippen molar-refractivity contribution in [1.29, 1.82) is 0 Å². The largest absolute Gasteiger partial charge is 0.311 e. The molecule has 0 aliphatic rings. The van der Waals surface area contributed by atoms with Crippen molar-refractivity contribution in [3.63, 3.8) is 0 Å². The number of aryl methyl sites for hydroxylation is 2. The number of halogens is 1. The maximum absolute atomic E-state index is 6.18. The van der Waals surface area contributed by atoms with Crippen LogP contribution in [0.5, 0.6) is 0 Å². The zero-order valence-corrected chi connectivity index (χ0v) is 18.7. The SMILES string of the molecule is CCCn1nnnc1-c1ccccc1-c1ccc(Cn2cnc3c(C)c(Cl)cnc32)cc1. The quantitative estimate of drug-likeness (QED) is 0.362. The van der Waals surface area contributed by atoms with Crippen LogP contribution in [0.1, 0.15) is 24.5 Å². The molecule has 0 bridgehead atoms. The summed E-state index contributed by atoms with van der Waals surface area (Å²) in [5.41, 5.74) is 7.04. The molecule has 3 aromatic heterocycles. The summed E-state index contributed by atoms with van der Waals surface area (Å²) in [5, 5.41) is 12.9. The lowest BCUT2D eigenvalue weighted by Gasteiger charge is -2.11. The molecule has 0 saturated carbocycles. The van der Waals surface area contributed by atoms with E-state index in [4.69, 9.17) is 11.6 Å². The van der Waals surface area contributed by atoms with Crippen LogP contribution in [0.2, 0.25) is 5.02 Å². The van der Waals surface area contributed by atoms with Gasteiger partial charge in [-0.05, 0) is 46.0 Å². The topological polar surface area (TPSA) is 74.3 Å². The molecule has 5 rings (SSSR count). The fraction of sp³-hybridized carbons (Fsp3) is 0.208. The summed E-state index contributed by atoms with van der Waals surface area (Å²) in [6.07, 6.45) is 4.47. The predicted octanol–water partition coefficient (Wildman–Crippen LogP) is 5.17. The van der Waals surface area contributed by atoms with Gasteiger partial charge in [-0.15, -0.1) is 5.10 Å². The van der Waals surface area contributed by atoms with Crippen LogP contribution in [-0.2, 0) is 13.1 Å². The number of fused-ring (bicyclic) bond motifs is 1. The van der Waals surface area contributed by atoms with Gasteiger partial charge in [-0.2, -0.15) is 0 Å². The number of nitrogens with zero attached hydrogens (tertiary/aromatic N) is 7. The van der Waals surface area contributed by atoms with E-state index in [2.05, 4.69) is 68.8 Å². The van der Waals surface area contributed by atoms with E-state index in [0.717, 1.165) is 57.8 Å². The van der Waals surface area contributed by atoms with Gasteiger partial charge in [0.15, 0.2) is 11.5 Å². The molecule has 8 heteroatoms. The first kappa shape index (κ1) is 20.3. The smallest absolute Gasteiger partial charge is 0.182 e. The summed E-state index contributed by atoms with van der Waals surface area (Å²) in [7, 11) is 0. The molecular weight excluding hydrogens is 422 g/mol. The molecule has 0 atom stereocenters. The van der Waals surface area contributed by atoms with Gasteiger partial charge in [0.1, 0.15) is 5.52 Å². The second-order valence-electron chi connectivity index (χ2n) is 7.74. The molecule has 3 heterocycles. The highest BCUT2D eigenvalue weighted by molar-refractivity contribution is 6.31. The Morgan fingerprint density at radius 2 is 1.75 bits per heavy atom. The molecule has 0 amide bonds. The monoisotopic (exact) mass is 443 g/mol. The van der Waals surface area contributed by atoms with Gasteiger partial charge in [0.2, 0.25) is 0 Å². The molecule has 5 aromatic rings. The van der Waals surface area contributed by atoms with Gasteiger partial charge in [0, 0.05) is 18.3 Å². The molecule has 0 aliphatic carbocycles. The number of hydrogen-bond donors (Lipinski definition) is 0. The van der Waals surface area contributed by atoms with Crippen molar-refractivity contribution in [3.8, 4) is 22.5 Å². The normalized spacial score (nSPS) is 11.3. The van der Waals surface area contributed by atoms with Crippen molar-refractivity contribution >= 4 is 22.8 Å². The lowest BCUT2D eigenvalue weighted by molar-refractivity contribution is 0.583. The van der Waals surface area contributed by atoms with Crippen molar-refractivity contribution in [1.82, 2.24) is 34.7 Å². The Bertz CT molecular complexity index is 1390. The van der Waals surface area contributed by atoms with E-state index < -0.39 is 0 Å². The molecule has 0 unspecified atom stereocenters. The Morgan fingerprint density at radius 3 is 2.53 bits per heavy atom. The summed E-state index contributed by atoms with van der Waals surface area (Å²) in [6, 6.07) is 16.8. The molecular formula is C24H22ClN7. The van der Waals surface area contributed by atoms with Crippen LogP contribution in [0.25, 0.3) is 33.7 Å². The van der Waals surface area contributed by atoms with Gasteiger partial charge in [-0.1, -0.05) is 67.1 Å². The lowest BCUT2D eigenvalue weighted by atomic mass is 9.98. The van der Waals surface area contributed by atoms with Crippen molar-refractivity contribution < 1.29 is 0 Å². The third-order valence-electron chi connectivity index (χ3n) is 5.58. The predicted molar refractivity (Wildman–Crippen MR) is 125 cm³/mol. The average molecular weight is 444 g/mol. The van der Waals surface area contributed by atoms with Crippen molar-refractivity contribution in [2.75, 3.05) is 0 Å². The van der Waals surface area contributed by atoms with Gasteiger partial charge < -0.3 is 4.57 Å². The Balaban J connectivity index is 1.45. The lowest BCUT2D eigenvalue weighted by Crippen LogP contribution is -2.03. The van der Waals surface area contributed by atoms with E-state index in [9.17, 15) is 0 Å². The maximum atomic E-state index is 6.18. The number of rotatable bonds is 6. The fourth-order valence-electron chi connectivity index (χ4n) is 3.90. The van der Waals surface area contributed by atoms with E-state index >= 15 is 0 Å². The molecule has 2 aromatic carbocycles. The molecule has 0 N–H and O–H groups in total. The molecule has 0 fully saturated rings. The summed E-state index contributed by atoms with van der Waals surface area (Å²) in [6.45, 7) is 5.55. The molecule has 0 aliphatic heterocycles. The summed E-state index contributed by atoms with van der Waals surface area (Å²) in [5.74, 6) is 0.788. The average Bonchev–Trinajstić information content (AvgIpc) is 3.45. The Morgan fingerprint density at radius 1 is 0.969 bits per heavy atom. The maximum Gasteiger partial charge on any atom is 0.182 e. The Labute approximate surface area is 190 Å². The van der Waals surface area contributed by atoms with Crippen LogP contribution >= 0.6 is 11.6 Å². The van der Waals surface area contributed by atoms with Crippen LogP contribution in [-0.4, -0.2) is 34.7 Å². The van der Waals surface area contributed by atoms with Crippen LogP contribution in [0.15, 0.2) is 61.1 Å². The summed E-state index contributed by atoms with van der Waals surface area (Å²) >= 11 is 6.18. The first-order chi connectivity index (χ1) is 15.7. The zero-order valence-electron chi connectivity index (χ0n) is 17.9. The Kier molecular flexibility index (Phi) is 5.41. The zero-order chi connectivity index (χ0) is 22.1. The van der Waals surface area contributed by atoms with Crippen molar-refractivity contribution in [2.45, 2.75) is 33.4 Å². The van der Waals surface area contributed by atoms with Gasteiger partial charge >= 0.3 is 0 Å². The molecule has 0 saturated heterocycles. The van der Waals surface area contributed by atoms with Crippen LogP contribution in [0.3, 0.4) is 0 Å². The number of hydrogen-bond acceptors (Lipinski definition) is 5. The minimum atomic E-state index is 0.635. The molecule has 0 spiro atoms. The first-order valence-corrected chi connectivity index (χ1v) is 10.9. The van der Waals surface area contributed by atoms with Crippen LogP contribution < -0.4 is 0 Å². The second kappa shape index (κ2) is 8.51. The highest BCUT2D eigenvalue weighted by Gasteiger charge is 2.14. The number of aromatic nitrogens is 7. The number of pyridine rings is 1. The summed E-state index contributed by atoms with van der Waals surface area (Å²) in [4.78, 5) is 8.97. The van der Waals surface area contributed by atoms with Crippen molar-refractivity contribution in [2.24, 2.45) is 0 Å².